The highest BCUT2D eigenvalue weighted by molar-refractivity contribution is 9.10. The van der Waals surface area contributed by atoms with E-state index in [2.05, 4.69) is 15.9 Å². The van der Waals surface area contributed by atoms with Gasteiger partial charge in [0.2, 0.25) is 0 Å². The molecule has 0 N–H and O–H groups in total. The van der Waals surface area contributed by atoms with E-state index in [1.807, 2.05) is 11.4 Å². The van der Waals surface area contributed by atoms with Gasteiger partial charge in [0.15, 0.2) is 15.6 Å². The number of carbonyl (C=O) groups is 1. The van der Waals surface area contributed by atoms with Gasteiger partial charge in [-0.05, 0) is 45.9 Å². The Balaban J connectivity index is 1.97. The molecule has 0 radical (unpaired) electrons. The van der Waals surface area contributed by atoms with E-state index in [9.17, 15) is 13.2 Å². The summed E-state index contributed by atoms with van der Waals surface area (Å²) in [6, 6.07) is 10.3. The normalized spacial score (nSPS) is 11.4. The van der Waals surface area contributed by atoms with Gasteiger partial charge in [-0.1, -0.05) is 18.2 Å². The highest BCUT2D eigenvalue weighted by Gasteiger charge is 2.18. The smallest absolute Gasteiger partial charge is 0.179 e. The molecular weight excluding hydrogens is 360 g/mol. The van der Waals surface area contributed by atoms with Gasteiger partial charge in [-0.3, -0.25) is 4.79 Å². The third kappa shape index (κ3) is 3.77. The Morgan fingerprint density at radius 2 is 1.90 bits per heavy atom. The maximum absolute atomic E-state index is 12.2. The zero-order valence-corrected chi connectivity index (χ0v) is 13.8. The first-order valence-corrected chi connectivity index (χ1v) is 9.37. The van der Waals surface area contributed by atoms with Crippen LogP contribution in [0.1, 0.15) is 22.5 Å². The summed E-state index contributed by atoms with van der Waals surface area (Å²) < 4.78 is 24.9. The topological polar surface area (TPSA) is 51.2 Å². The second-order valence-electron chi connectivity index (χ2n) is 4.25. The van der Waals surface area contributed by atoms with Crippen molar-refractivity contribution in [1.29, 1.82) is 0 Å². The van der Waals surface area contributed by atoms with Gasteiger partial charge < -0.3 is 0 Å². The Bertz CT molecular complexity index is 691. The van der Waals surface area contributed by atoms with Crippen LogP contribution in [-0.4, -0.2) is 20.0 Å². The average molecular weight is 373 g/mol. The van der Waals surface area contributed by atoms with Crippen LogP contribution < -0.4 is 0 Å². The van der Waals surface area contributed by atoms with E-state index < -0.39 is 9.84 Å². The minimum Gasteiger partial charge on any atom is -0.293 e. The number of thiophene rings is 1. The largest absolute Gasteiger partial charge is 0.293 e. The average Bonchev–Trinajstić information content (AvgIpc) is 2.92. The van der Waals surface area contributed by atoms with Gasteiger partial charge in [0.25, 0.3) is 0 Å². The van der Waals surface area contributed by atoms with Crippen molar-refractivity contribution in [3.05, 3.63) is 51.1 Å². The van der Waals surface area contributed by atoms with E-state index in [-0.39, 0.29) is 22.9 Å². The lowest BCUT2D eigenvalue weighted by Crippen LogP contribution is -2.09. The second-order valence-corrected chi connectivity index (χ2v) is 8.13. The zero-order valence-electron chi connectivity index (χ0n) is 10.6. The molecule has 0 atom stereocenters. The number of halogens is 1. The van der Waals surface area contributed by atoms with Crippen LogP contribution in [0.25, 0.3) is 0 Å². The van der Waals surface area contributed by atoms with Crippen molar-refractivity contribution < 1.29 is 13.2 Å². The highest BCUT2D eigenvalue weighted by Crippen LogP contribution is 2.23. The summed E-state index contributed by atoms with van der Waals surface area (Å²) in [5, 5.41) is 1.84. The molecule has 1 aromatic carbocycles. The number of sulfone groups is 1. The summed E-state index contributed by atoms with van der Waals surface area (Å²) in [6.07, 6.45) is 0.588. The maximum atomic E-state index is 12.2. The first kappa shape index (κ1) is 15.4. The molecular formula is C14H13BrO3S2. The second kappa shape index (κ2) is 6.65. The number of hydrogen-bond acceptors (Lipinski definition) is 4. The number of Topliss-reactive ketones (excluding diaryl/α,β-unsaturated/α-hetero) is 1. The van der Waals surface area contributed by atoms with E-state index in [4.69, 9.17) is 0 Å². The number of hydrogen-bond donors (Lipinski definition) is 0. The lowest BCUT2D eigenvalue weighted by atomic mass is 10.2. The van der Waals surface area contributed by atoms with Crippen molar-refractivity contribution in [3.8, 4) is 0 Å². The fourth-order valence-corrected chi connectivity index (χ4v) is 4.90. The Morgan fingerprint density at radius 1 is 1.15 bits per heavy atom. The maximum Gasteiger partial charge on any atom is 0.179 e. The van der Waals surface area contributed by atoms with Crippen LogP contribution in [0, 0.1) is 0 Å². The summed E-state index contributed by atoms with van der Waals surface area (Å²) in [5.74, 6) is -0.0189. The molecule has 6 heteroatoms. The van der Waals surface area contributed by atoms with Gasteiger partial charge >= 0.3 is 0 Å². The number of rotatable bonds is 6. The van der Waals surface area contributed by atoms with E-state index in [1.165, 1.54) is 11.3 Å². The van der Waals surface area contributed by atoms with Gasteiger partial charge in [-0.25, -0.2) is 8.42 Å². The van der Waals surface area contributed by atoms with E-state index in [1.54, 1.807) is 30.3 Å². The molecule has 0 spiro atoms. The first-order valence-electron chi connectivity index (χ1n) is 6.05. The van der Waals surface area contributed by atoms with E-state index in [0.29, 0.717) is 15.8 Å². The highest BCUT2D eigenvalue weighted by atomic mass is 79.9. The summed E-state index contributed by atoms with van der Waals surface area (Å²) in [6.45, 7) is 0. The Morgan fingerprint density at radius 3 is 2.55 bits per heavy atom. The molecule has 0 unspecified atom stereocenters. The molecule has 1 aromatic heterocycles. The standard InChI is InChI=1S/C14H13BrO3S2/c15-11-5-1-2-8-14(11)20(17,18)10-4-6-12(16)13-7-3-9-19-13/h1-3,5,7-9H,4,6,10H2. The fourth-order valence-electron chi connectivity index (χ4n) is 1.79. The summed E-state index contributed by atoms with van der Waals surface area (Å²) >= 11 is 4.62. The van der Waals surface area contributed by atoms with Crippen LogP contribution >= 0.6 is 27.3 Å². The van der Waals surface area contributed by atoms with Gasteiger partial charge in [-0.2, -0.15) is 0 Å². The molecule has 0 fully saturated rings. The molecule has 2 rings (SSSR count). The summed E-state index contributed by atoms with van der Waals surface area (Å²) in [5.41, 5.74) is 0. The molecule has 0 aliphatic heterocycles. The molecule has 0 aliphatic rings. The van der Waals surface area contributed by atoms with Crippen molar-refractivity contribution >= 4 is 42.9 Å². The van der Waals surface area contributed by atoms with Crippen LogP contribution in [0.15, 0.2) is 51.1 Å². The van der Waals surface area contributed by atoms with E-state index in [0.717, 1.165) is 0 Å². The SMILES string of the molecule is O=C(CCCS(=O)(=O)c1ccccc1Br)c1cccs1. The third-order valence-electron chi connectivity index (χ3n) is 2.78. The fraction of sp³-hybridized carbons (Fsp3) is 0.214. The number of benzene rings is 1. The molecule has 106 valence electrons. The quantitative estimate of drug-likeness (QED) is 0.721. The monoisotopic (exact) mass is 372 g/mol. The van der Waals surface area contributed by atoms with Crippen molar-refractivity contribution in [3.63, 3.8) is 0 Å². The molecule has 20 heavy (non-hydrogen) atoms. The number of ketones is 1. The molecule has 3 nitrogen and oxygen atoms in total. The Hall–Kier alpha value is -0.980. The van der Waals surface area contributed by atoms with Gasteiger partial charge in [0.05, 0.1) is 15.5 Å². The van der Waals surface area contributed by atoms with Gasteiger partial charge in [-0.15, -0.1) is 11.3 Å². The third-order valence-corrected chi connectivity index (χ3v) is 6.50. The minimum atomic E-state index is -3.35. The van der Waals surface area contributed by atoms with Crippen molar-refractivity contribution in [2.24, 2.45) is 0 Å². The first-order chi connectivity index (χ1) is 9.50. The number of carbonyl (C=O) groups excluding carboxylic acids is 1. The lowest BCUT2D eigenvalue weighted by Gasteiger charge is -2.06. The van der Waals surface area contributed by atoms with Crippen LogP contribution in [0.4, 0.5) is 0 Å². The van der Waals surface area contributed by atoms with Crippen LogP contribution in [0.3, 0.4) is 0 Å². The van der Waals surface area contributed by atoms with Crippen molar-refractivity contribution in [2.45, 2.75) is 17.7 Å². The Kier molecular flexibility index (Phi) is 5.12. The van der Waals surface area contributed by atoms with Gasteiger partial charge in [0, 0.05) is 10.9 Å². The molecule has 0 aliphatic carbocycles. The molecule has 2 aromatic rings. The molecule has 0 saturated carbocycles. The zero-order chi connectivity index (χ0) is 14.6. The molecule has 1 heterocycles. The van der Waals surface area contributed by atoms with E-state index >= 15 is 0 Å². The molecule has 0 amide bonds. The summed E-state index contributed by atoms with van der Waals surface area (Å²) in [7, 11) is -3.35. The van der Waals surface area contributed by atoms with Crippen LogP contribution in [0.5, 0.6) is 0 Å². The minimum absolute atomic E-state index is 0.00215. The van der Waals surface area contributed by atoms with Gasteiger partial charge in [0.1, 0.15) is 0 Å². The summed E-state index contributed by atoms with van der Waals surface area (Å²) in [4.78, 5) is 12.8. The van der Waals surface area contributed by atoms with Crippen molar-refractivity contribution in [1.82, 2.24) is 0 Å². The predicted molar refractivity (Wildman–Crippen MR) is 84.1 cm³/mol. The molecule has 0 saturated heterocycles. The van der Waals surface area contributed by atoms with Crippen LogP contribution in [0.2, 0.25) is 0 Å². The molecule has 0 bridgehead atoms. The Labute approximate surface area is 130 Å². The van der Waals surface area contributed by atoms with Crippen molar-refractivity contribution in [2.75, 3.05) is 5.75 Å². The van der Waals surface area contributed by atoms with Crippen LogP contribution in [-0.2, 0) is 9.84 Å². The predicted octanol–water partition coefficient (Wildman–Crippen LogP) is 3.95. The lowest BCUT2D eigenvalue weighted by molar-refractivity contribution is 0.0986.